The summed E-state index contributed by atoms with van der Waals surface area (Å²) in [6.07, 6.45) is 4.03. The van der Waals surface area contributed by atoms with Gasteiger partial charge < -0.3 is 33.3 Å². The van der Waals surface area contributed by atoms with Gasteiger partial charge in [0.2, 0.25) is 11.8 Å². The molecule has 2 amide bonds. The van der Waals surface area contributed by atoms with Crippen molar-refractivity contribution < 1.29 is 32.6 Å². The number of para-hydroxylation sites is 1. The van der Waals surface area contributed by atoms with Crippen LogP contribution in [0.1, 0.15) is 66.0 Å². The normalized spacial score (nSPS) is 12.9. The molecule has 0 aliphatic carbocycles. The highest BCUT2D eigenvalue weighted by molar-refractivity contribution is 7.59. The molecule has 2 heterocycles. The van der Waals surface area contributed by atoms with Crippen LogP contribution in [0.3, 0.4) is 0 Å². The average molecular weight is 684 g/mol. The number of rotatable bonds is 18. The minimum absolute atomic E-state index is 0.0622. The highest BCUT2D eigenvalue weighted by Gasteiger charge is 2.29. The van der Waals surface area contributed by atoms with Gasteiger partial charge in [-0.1, -0.05) is 47.7 Å². The summed E-state index contributed by atoms with van der Waals surface area (Å²) in [4.78, 5) is 28.1. The first-order valence-corrected chi connectivity index (χ1v) is 18.3. The van der Waals surface area contributed by atoms with Gasteiger partial charge in [0, 0.05) is 36.6 Å². The van der Waals surface area contributed by atoms with E-state index < -0.39 is 7.57 Å². The van der Waals surface area contributed by atoms with Crippen LogP contribution in [-0.2, 0) is 39.2 Å². The Labute approximate surface area is 284 Å². The van der Waals surface area contributed by atoms with Crippen molar-refractivity contribution in [2.24, 2.45) is 0 Å². The maximum Gasteiger partial charge on any atom is 0.251 e. The zero-order valence-electron chi connectivity index (χ0n) is 29.0. The molecular formula is C35H50N5O7P. The molecule has 4 rings (SSSR count). The molecule has 0 fully saturated rings. The Hall–Kier alpha value is -3.38. The topological polar surface area (TPSA) is 126 Å². The van der Waals surface area contributed by atoms with Crippen molar-refractivity contribution in [1.29, 1.82) is 0 Å². The summed E-state index contributed by atoms with van der Waals surface area (Å²) in [6.45, 7) is 14.2. The number of carbonyl (C=O) groups excluding carboxylic acids is 2. The average Bonchev–Trinajstić information content (AvgIpc) is 3.47. The van der Waals surface area contributed by atoms with Crippen LogP contribution in [0.5, 0.6) is 0 Å². The number of ether oxygens (including phenoxy) is 2. The molecule has 0 atom stereocenters. The third-order valence-corrected chi connectivity index (χ3v) is 9.36. The smallest absolute Gasteiger partial charge is 0.251 e. The van der Waals surface area contributed by atoms with E-state index in [9.17, 15) is 9.59 Å². The second-order valence-corrected chi connectivity index (χ2v) is 14.2. The summed E-state index contributed by atoms with van der Waals surface area (Å²) in [5.41, 5.74) is 5.22. The van der Waals surface area contributed by atoms with Crippen molar-refractivity contribution in [2.45, 2.75) is 79.2 Å². The summed E-state index contributed by atoms with van der Waals surface area (Å²) < 4.78 is 30.4. The number of nitrogens with one attached hydrogen (secondary N) is 1. The highest BCUT2D eigenvalue weighted by atomic mass is 31.2. The highest BCUT2D eigenvalue weighted by Crippen LogP contribution is 2.51. The molecule has 1 aliphatic heterocycles. The Kier molecular flexibility index (Phi) is 13.9. The second-order valence-electron chi connectivity index (χ2n) is 12.3. The summed E-state index contributed by atoms with van der Waals surface area (Å²) in [5.74, 6) is -0.348. The van der Waals surface area contributed by atoms with Gasteiger partial charge in [0.05, 0.1) is 63.2 Å². The zero-order valence-corrected chi connectivity index (χ0v) is 29.9. The third-order valence-electron chi connectivity index (χ3n) is 7.30. The summed E-state index contributed by atoms with van der Waals surface area (Å²) in [7, 11) is -2.66. The molecule has 0 unspecified atom stereocenters. The number of fused-ring (bicyclic) bond motifs is 5. The number of anilines is 1. The number of aromatic nitrogens is 3. The van der Waals surface area contributed by atoms with Crippen LogP contribution in [0.4, 0.5) is 5.69 Å². The first kappa shape index (κ1) is 37.4. The molecule has 48 heavy (non-hydrogen) atoms. The lowest BCUT2D eigenvalue weighted by molar-refractivity contribution is -0.125. The molecule has 0 bridgehead atoms. The van der Waals surface area contributed by atoms with Gasteiger partial charge in [-0.2, -0.15) is 0 Å². The van der Waals surface area contributed by atoms with Crippen molar-refractivity contribution in [1.82, 2.24) is 20.3 Å². The van der Waals surface area contributed by atoms with E-state index in [0.29, 0.717) is 46.1 Å². The SMILES string of the molecule is C=P(OCCOCCOCCNC(=O)CCC(=O)N1Cc2ccccc2-c2nnn(C(C)C)c2-c2ccccc21)(OC(C)C)OC(C)C. The fourth-order valence-corrected chi connectivity index (χ4v) is 7.16. The number of amides is 2. The maximum atomic E-state index is 13.7. The fraction of sp³-hybridized carbons (Fsp3) is 0.514. The van der Waals surface area contributed by atoms with Gasteiger partial charge in [-0.15, -0.1) is 5.10 Å². The van der Waals surface area contributed by atoms with Crippen molar-refractivity contribution >= 4 is 31.4 Å². The Bertz CT molecular complexity index is 1540. The second kappa shape index (κ2) is 17.9. The van der Waals surface area contributed by atoms with E-state index in [0.717, 1.165) is 33.8 Å². The standard InChI is InChI=1S/C35H50N5O7P/c1-25(2)40-35-30-14-10-11-15-31(30)39(24-28-12-8-9-13-29(28)34(35)37-38-40)33(42)17-16-32(41)36-18-19-43-20-21-44-22-23-45-48(7,46-26(3)4)47-27(5)6/h8-15,25-27H,7,16-24H2,1-6H3,(H,36,41). The predicted molar refractivity (Wildman–Crippen MR) is 189 cm³/mol. The minimum Gasteiger partial charge on any atom is -0.377 e. The number of benzene rings is 2. The van der Waals surface area contributed by atoms with E-state index in [2.05, 4.69) is 35.8 Å². The Morgan fingerprint density at radius 1 is 0.854 bits per heavy atom. The van der Waals surface area contributed by atoms with Crippen molar-refractivity contribution in [3.8, 4) is 22.5 Å². The van der Waals surface area contributed by atoms with E-state index in [-0.39, 0.29) is 42.9 Å². The molecule has 2 aromatic carbocycles. The van der Waals surface area contributed by atoms with Crippen molar-refractivity contribution in [2.75, 3.05) is 44.5 Å². The molecule has 262 valence electrons. The molecule has 0 saturated carbocycles. The number of hydrogen-bond acceptors (Lipinski definition) is 9. The molecule has 1 N–H and O–H groups in total. The molecule has 1 aliphatic rings. The first-order chi connectivity index (χ1) is 23.0. The first-order valence-electron chi connectivity index (χ1n) is 16.6. The Balaban J connectivity index is 1.22. The van der Waals surface area contributed by atoms with E-state index in [4.69, 9.17) is 23.0 Å². The van der Waals surface area contributed by atoms with Crippen LogP contribution in [-0.4, -0.2) is 84.9 Å². The van der Waals surface area contributed by atoms with Gasteiger partial charge in [0.25, 0.3) is 7.57 Å². The monoisotopic (exact) mass is 683 g/mol. The number of carbonyl (C=O) groups is 2. The third kappa shape index (κ3) is 10.3. The van der Waals surface area contributed by atoms with Crippen LogP contribution in [0.15, 0.2) is 48.5 Å². The molecule has 0 radical (unpaired) electrons. The van der Waals surface area contributed by atoms with Gasteiger partial charge in [-0.05, 0) is 59.5 Å². The summed E-state index contributed by atoms with van der Waals surface area (Å²) in [6, 6.07) is 15.8. The molecular weight excluding hydrogens is 633 g/mol. The van der Waals surface area contributed by atoms with Crippen molar-refractivity contribution in [3.63, 3.8) is 0 Å². The lowest BCUT2D eigenvalue weighted by Crippen LogP contribution is -2.34. The van der Waals surface area contributed by atoms with E-state index in [1.807, 2.05) is 80.9 Å². The van der Waals surface area contributed by atoms with Gasteiger partial charge in [-0.25, -0.2) is 4.68 Å². The van der Waals surface area contributed by atoms with Crippen LogP contribution in [0, 0.1) is 0 Å². The number of hydrogen-bond donors (Lipinski definition) is 1. The molecule has 1 aromatic heterocycles. The summed E-state index contributed by atoms with van der Waals surface area (Å²) in [5, 5.41) is 11.9. The lowest BCUT2D eigenvalue weighted by Gasteiger charge is -2.29. The van der Waals surface area contributed by atoms with E-state index in [1.165, 1.54) is 0 Å². The van der Waals surface area contributed by atoms with Gasteiger partial charge in [-0.3, -0.25) is 9.59 Å². The number of nitrogens with zero attached hydrogens (tertiary/aromatic N) is 4. The summed E-state index contributed by atoms with van der Waals surface area (Å²) >= 11 is 0. The van der Waals surface area contributed by atoms with Crippen LogP contribution < -0.4 is 10.2 Å². The Morgan fingerprint density at radius 3 is 2.17 bits per heavy atom. The van der Waals surface area contributed by atoms with E-state index >= 15 is 0 Å². The fourth-order valence-electron chi connectivity index (χ4n) is 5.36. The zero-order chi connectivity index (χ0) is 34.7. The van der Waals surface area contributed by atoms with Crippen LogP contribution in [0.25, 0.3) is 22.5 Å². The molecule has 12 nitrogen and oxygen atoms in total. The van der Waals surface area contributed by atoms with Gasteiger partial charge >= 0.3 is 0 Å². The minimum atomic E-state index is -2.66. The van der Waals surface area contributed by atoms with E-state index in [1.54, 1.807) is 4.90 Å². The van der Waals surface area contributed by atoms with Gasteiger partial charge in [0.15, 0.2) is 0 Å². The van der Waals surface area contributed by atoms with Crippen molar-refractivity contribution in [3.05, 3.63) is 54.1 Å². The molecule has 13 heteroatoms. The van der Waals surface area contributed by atoms with Crippen LogP contribution >= 0.6 is 7.57 Å². The predicted octanol–water partition coefficient (Wildman–Crippen LogP) is 6.03. The van der Waals surface area contributed by atoms with Gasteiger partial charge in [0.1, 0.15) is 5.69 Å². The molecule has 3 aromatic rings. The quantitative estimate of drug-likeness (QED) is 0.126. The Morgan fingerprint density at radius 2 is 1.48 bits per heavy atom. The molecule has 0 spiro atoms. The largest absolute Gasteiger partial charge is 0.377 e. The van der Waals surface area contributed by atoms with Crippen LogP contribution in [0.2, 0.25) is 0 Å². The maximum absolute atomic E-state index is 13.7. The lowest BCUT2D eigenvalue weighted by atomic mass is 9.95. The molecule has 0 saturated heterocycles.